The number of nitrogens with one attached hydrogen (secondary N) is 1. The second-order valence-corrected chi connectivity index (χ2v) is 5.02. The molecular formula is C12H18N2O2. The lowest BCUT2D eigenvalue weighted by Gasteiger charge is -2.20. The largest absolute Gasteiger partial charge is 0.478 e. The van der Waals surface area contributed by atoms with Crippen molar-refractivity contribution in [2.45, 2.75) is 20.8 Å². The molecule has 1 rings (SSSR count). The zero-order chi connectivity index (χ0) is 12.3. The number of carbonyl (C=O) groups is 1. The van der Waals surface area contributed by atoms with E-state index in [-0.39, 0.29) is 11.0 Å². The molecule has 0 saturated carbocycles. The molecule has 4 heteroatoms. The van der Waals surface area contributed by atoms with Crippen molar-refractivity contribution in [3.05, 3.63) is 23.8 Å². The van der Waals surface area contributed by atoms with E-state index < -0.39 is 5.97 Å². The Morgan fingerprint density at radius 2 is 2.06 bits per heavy atom. The van der Waals surface area contributed by atoms with Crippen molar-refractivity contribution in [1.29, 1.82) is 0 Å². The van der Waals surface area contributed by atoms with Crippen LogP contribution in [0, 0.1) is 5.41 Å². The molecule has 0 aliphatic carbocycles. The van der Waals surface area contributed by atoms with Gasteiger partial charge in [0, 0.05) is 6.54 Å². The minimum Gasteiger partial charge on any atom is -0.478 e. The van der Waals surface area contributed by atoms with Crippen LogP contribution >= 0.6 is 0 Å². The Labute approximate surface area is 95.5 Å². The van der Waals surface area contributed by atoms with Gasteiger partial charge in [0.25, 0.3) is 0 Å². The molecule has 0 unspecified atom stereocenters. The smallest absolute Gasteiger partial charge is 0.335 e. The van der Waals surface area contributed by atoms with Crippen molar-refractivity contribution in [3.63, 3.8) is 0 Å². The number of carboxylic acid groups (broad SMARTS) is 1. The number of hydrogen-bond acceptors (Lipinski definition) is 3. The third-order valence-electron chi connectivity index (χ3n) is 2.11. The first kappa shape index (κ1) is 12.4. The molecule has 0 saturated heterocycles. The zero-order valence-corrected chi connectivity index (χ0v) is 9.87. The van der Waals surface area contributed by atoms with Crippen LogP contribution in [0.4, 0.5) is 11.4 Å². The Morgan fingerprint density at radius 1 is 1.44 bits per heavy atom. The van der Waals surface area contributed by atoms with Crippen molar-refractivity contribution in [2.24, 2.45) is 5.41 Å². The first-order valence-corrected chi connectivity index (χ1v) is 5.16. The molecule has 0 bridgehead atoms. The third-order valence-corrected chi connectivity index (χ3v) is 2.11. The van der Waals surface area contributed by atoms with E-state index in [1.54, 1.807) is 12.1 Å². The highest BCUT2D eigenvalue weighted by Gasteiger charge is 2.11. The van der Waals surface area contributed by atoms with Crippen LogP contribution in [0.1, 0.15) is 31.1 Å². The van der Waals surface area contributed by atoms with E-state index >= 15 is 0 Å². The number of carboxylic acids is 1. The molecular weight excluding hydrogens is 204 g/mol. The molecule has 1 aromatic rings. The molecule has 0 spiro atoms. The number of rotatable bonds is 3. The molecule has 1 aromatic carbocycles. The Morgan fingerprint density at radius 3 is 2.56 bits per heavy atom. The van der Waals surface area contributed by atoms with Gasteiger partial charge in [-0.25, -0.2) is 4.79 Å². The zero-order valence-electron chi connectivity index (χ0n) is 9.87. The second kappa shape index (κ2) is 4.43. The number of aromatic carboxylic acids is 1. The number of anilines is 2. The molecule has 4 N–H and O–H groups in total. The number of benzene rings is 1. The summed E-state index contributed by atoms with van der Waals surface area (Å²) in [6, 6.07) is 4.66. The van der Waals surface area contributed by atoms with Gasteiger partial charge >= 0.3 is 5.97 Å². The minimum atomic E-state index is -0.946. The van der Waals surface area contributed by atoms with E-state index in [0.717, 1.165) is 6.54 Å². The first-order chi connectivity index (χ1) is 7.29. The maximum Gasteiger partial charge on any atom is 0.335 e. The van der Waals surface area contributed by atoms with Gasteiger partial charge in [-0.05, 0) is 23.6 Å². The molecule has 16 heavy (non-hydrogen) atoms. The highest BCUT2D eigenvalue weighted by Crippen LogP contribution is 2.22. The van der Waals surface area contributed by atoms with E-state index in [0.29, 0.717) is 11.4 Å². The molecule has 88 valence electrons. The van der Waals surface area contributed by atoms with Crippen LogP contribution in [-0.4, -0.2) is 17.6 Å². The van der Waals surface area contributed by atoms with Gasteiger partial charge in [-0.1, -0.05) is 20.8 Å². The predicted octanol–water partition coefficient (Wildman–Crippen LogP) is 2.42. The first-order valence-electron chi connectivity index (χ1n) is 5.16. The monoisotopic (exact) mass is 222 g/mol. The van der Waals surface area contributed by atoms with E-state index in [1.165, 1.54) is 6.07 Å². The lowest BCUT2D eigenvalue weighted by Crippen LogP contribution is -2.19. The van der Waals surface area contributed by atoms with Crippen molar-refractivity contribution < 1.29 is 9.90 Å². The summed E-state index contributed by atoms with van der Waals surface area (Å²) in [5.41, 5.74) is 7.36. The molecule has 0 atom stereocenters. The quantitative estimate of drug-likeness (QED) is 0.686. The van der Waals surface area contributed by atoms with Crippen LogP contribution < -0.4 is 11.1 Å². The molecule has 0 radical (unpaired) electrons. The van der Waals surface area contributed by atoms with E-state index in [1.807, 2.05) is 0 Å². The SMILES string of the molecule is CC(C)(C)CNc1cc(C(=O)O)ccc1N. The lowest BCUT2D eigenvalue weighted by molar-refractivity contribution is 0.0697. The topological polar surface area (TPSA) is 75.3 Å². The highest BCUT2D eigenvalue weighted by molar-refractivity contribution is 5.90. The van der Waals surface area contributed by atoms with Crippen molar-refractivity contribution >= 4 is 17.3 Å². The summed E-state index contributed by atoms with van der Waals surface area (Å²) in [6.07, 6.45) is 0. The van der Waals surface area contributed by atoms with E-state index in [9.17, 15) is 4.79 Å². The van der Waals surface area contributed by atoms with Crippen LogP contribution in [-0.2, 0) is 0 Å². The number of hydrogen-bond donors (Lipinski definition) is 3. The molecule has 0 fully saturated rings. The molecule has 0 amide bonds. The van der Waals surface area contributed by atoms with Gasteiger partial charge in [0.15, 0.2) is 0 Å². The average Bonchev–Trinajstić information content (AvgIpc) is 2.14. The minimum absolute atomic E-state index is 0.117. The Kier molecular flexibility index (Phi) is 3.42. The maximum atomic E-state index is 10.8. The van der Waals surface area contributed by atoms with Gasteiger partial charge in [0.2, 0.25) is 0 Å². The van der Waals surface area contributed by atoms with Gasteiger partial charge in [-0.2, -0.15) is 0 Å². The fourth-order valence-corrected chi connectivity index (χ4v) is 1.20. The van der Waals surface area contributed by atoms with Gasteiger partial charge in [-0.3, -0.25) is 0 Å². The van der Waals surface area contributed by atoms with Gasteiger partial charge < -0.3 is 16.2 Å². The Balaban J connectivity index is 2.86. The summed E-state index contributed by atoms with van der Waals surface area (Å²) >= 11 is 0. The van der Waals surface area contributed by atoms with Gasteiger partial charge in [0.1, 0.15) is 0 Å². The van der Waals surface area contributed by atoms with Crippen molar-refractivity contribution in [1.82, 2.24) is 0 Å². The molecule has 0 aliphatic heterocycles. The molecule has 0 heterocycles. The van der Waals surface area contributed by atoms with Crippen LogP contribution in [0.5, 0.6) is 0 Å². The predicted molar refractivity (Wildman–Crippen MR) is 65.8 cm³/mol. The fourth-order valence-electron chi connectivity index (χ4n) is 1.20. The standard InChI is InChI=1S/C12H18N2O2/c1-12(2,3)7-14-10-6-8(11(15)16)4-5-9(10)13/h4-6,14H,7,13H2,1-3H3,(H,15,16). The fraction of sp³-hybridized carbons (Fsp3) is 0.417. The average molecular weight is 222 g/mol. The normalized spacial score (nSPS) is 11.2. The highest BCUT2D eigenvalue weighted by atomic mass is 16.4. The summed E-state index contributed by atoms with van der Waals surface area (Å²) < 4.78 is 0. The molecule has 0 aliphatic rings. The van der Waals surface area contributed by atoms with Crippen LogP contribution in [0.25, 0.3) is 0 Å². The summed E-state index contributed by atoms with van der Waals surface area (Å²) in [5, 5.41) is 12.0. The Bertz CT molecular complexity index is 394. The van der Waals surface area contributed by atoms with Crippen LogP contribution in [0.2, 0.25) is 0 Å². The maximum absolute atomic E-state index is 10.8. The second-order valence-electron chi connectivity index (χ2n) is 5.02. The lowest BCUT2D eigenvalue weighted by atomic mass is 9.97. The summed E-state index contributed by atoms with van der Waals surface area (Å²) in [5.74, 6) is -0.946. The number of nitrogen functional groups attached to an aromatic ring is 1. The number of nitrogens with two attached hydrogens (primary N) is 1. The van der Waals surface area contributed by atoms with Crippen LogP contribution in [0.3, 0.4) is 0 Å². The summed E-state index contributed by atoms with van der Waals surface area (Å²) in [4.78, 5) is 10.8. The molecule has 0 aromatic heterocycles. The van der Waals surface area contributed by atoms with E-state index in [4.69, 9.17) is 10.8 Å². The van der Waals surface area contributed by atoms with Crippen molar-refractivity contribution in [3.8, 4) is 0 Å². The van der Waals surface area contributed by atoms with Crippen LogP contribution in [0.15, 0.2) is 18.2 Å². The summed E-state index contributed by atoms with van der Waals surface area (Å²) in [7, 11) is 0. The Hall–Kier alpha value is -1.71. The molecule has 4 nitrogen and oxygen atoms in total. The van der Waals surface area contributed by atoms with Gasteiger partial charge in [-0.15, -0.1) is 0 Å². The third kappa shape index (κ3) is 3.46. The summed E-state index contributed by atoms with van der Waals surface area (Å²) in [6.45, 7) is 7.02. The van der Waals surface area contributed by atoms with Crippen molar-refractivity contribution in [2.75, 3.05) is 17.6 Å². The van der Waals surface area contributed by atoms with Gasteiger partial charge in [0.05, 0.1) is 16.9 Å². The van der Waals surface area contributed by atoms with E-state index in [2.05, 4.69) is 26.1 Å².